The lowest BCUT2D eigenvalue weighted by Gasteiger charge is -2.16. The lowest BCUT2D eigenvalue weighted by molar-refractivity contribution is -0.0764. The van der Waals surface area contributed by atoms with Crippen molar-refractivity contribution in [3.63, 3.8) is 0 Å². The standard InChI is InChI=1S/C25H24BrClN2O3/c1-31-25(30)22-15-19(27)5-7-23(22)28-20-6-8-24-18(14-20)9-11-29(24)16-17-3-2-4-21(13-17)32-12-10-26/h2-9,11,13-15,25,28,30H,10,12,16H2,1H3/t25-/m0/s1. The number of anilines is 2. The summed E-state index contributed by atoms with van der Waals surface area (Å²) in [6.07, 6.45) is 1.03. The minimum Gasteiger partial charge on any atom is -0.493 e. The van der Waals surface area contributed by atoms with Gasteiger partial charge in [0.2, 0.25) is 0 Å². The topological polar surface area (TPSA) is 55.7 Å². The van der Waals surface area contributed by atoms with Crippen LogP contribution in [0.1, 0.15) is 17.4 Å². The molecular formula is C25H24BrClN2O3. The summed E-state index contributed by atoms with van der Waals surface area (Å²) in [5.74, 6) is 0.877. The lowest BCUT2D eigenvalue weighted by Crippen LogP contribution is -2.04. The van der Waals surface area contributed by atoms with Crippen LogP contribution in [0.5, 0.6) is 5.75 Å². The molecule has 0 aliphatic rings. The molecule has 0 radical (unpaired) electrons. The number of halogens is 2. The molecule has 0 amide bonds. The van der Waals surface area contributed by atoms with Crippen molar-refractivity contribution in [3.8, 4) is 5.75 Å². The maximum Gasteiger partial charge on any atom is 0.182 e. The second-order valence-electron chi connectivity index (χ2n) is 7.35. The van der Waals surface area contributed by atoms with Crippen molar-refractivity contribution in [2.75, 3.05) is 24.4 Å². The Morgan fingerprint density at radius 3 is 2.78 bits per heavy atom. The average molecular weight is 516 g/mol. The minimum atomic E-state index is -1.06. The normalized spacial score (nSPS) is 12.1. The van der Waals surface area contributed by atoms with Crippen LogP contribution in [-0.2, 0) is 11.3 Å². The second-order valence-corrected chi connectivity index (χ2v) is 8.58. The van der Waals surface area contributed by atoms with Crippen molar-refractivity contribution in [1.82, 2.24) is 4.57 Å². The monoisotopic (exact) mass is 514 g/mol. The molecule has 7 heteroatoms. The first kappa shape index (κ1) is 22.7. The van der Waals surface area contributed by atoms with Crippen molar-refractivity contribution >= 4 is 49.8 Å². The summed E-state index contributed by atoms with van der Waals surface area (Å²) in [6.45, 7) is 1.39. The van der Waals surface area contributed by atoms with E-state index in [9.17, 15) is 5.11 Å². The molecule has 4 rings (SSSR count). The molecule has 0 saturated carbocycles. The van der Waals surface area contributed by atoms with Gasteiger partial charge in [-0.25, -0.2) is 0 Å². The van der Waals surface area contributed by atoms with Crippen molar-refractivity contribution < 1.29 is 14.6 Å². The Balaban J connectivity index is 1.55. The van der Waals surface area contributed by atoms with Crippen LogP contribution in [0.3, 0.4) is 0 Å². The van der Waals surface area contributed by atoms with Crippen LogP contribution in [-0.4, -0.2) is 28.7 Å². The fourth-order valence-corrected chi connectivity index (χ4v) is 3.98. The largest absolute Gasteiger partial charge is 0.493 e. The third-order valence-corrected chi connectivity index (χ3v) is 5.71. The van der Waals surface area contributed by atoms with E-state index >= 15 is 0 Å². The first-order chi connectivity index (χ1) is 15.6. The molecule has 166 valence electrons. The maximum absolute atomic E-state index is 10.2. The number of fused-ring (bicyclic) bond motifs is 1. The molecule has 4 aromatic rings. The van der Waals surface area contributed by atoms with Crippen LogP contribution in [0.25, 0.3) is 10.9 Å². The van der Waals surface area contributed by atoms with Gasteiger partial charge < -0.3 is 24.5 Å². The molecule has 0 unspecified atom stereocenters. The summed E-state index contributed by atoms with van der Waals surface area (Å²) in [5, 5.41) is 16.0. The Morgan fingerprint density at radius 1 is 1.09 bits per heavy atom. The van der Waals surface area contributed by atoms with Crippen LogP contribution in [0, 0.1) is 0 Å². The zero-order valence-corrected chi connectivity index (χ0v) is 19.9. The lowest BCUT2D eigenvalue weighted by atomic mass is 10.1. The van der Waals surface area contributed by atoms with Gasteiger partial charge in [-0.1, -0.05) is 39.7 Å². The van der Waals surface area contributed by atoms with Gasteiger partial charge in [-0.15, -0.1) is 0 Å². The number of methoxy groups -OCH3 is 1. The summed E-state index contributed by atoms with van der Waals surface area (Å²) in [4.78, 5) is 0. The van der Waals surface area contributed by atoms with Gasteiger partial charge in [0.05, 0.1) is 6.61 Å². The first-order valence-electron chi connectivity index (χ1n) is 10.2. The van der Waals surface area contributed by atoms with Crippen LogP contribution in [0.15, 0.2) is 72.9 Å². The van der Waals surface area contributed by atoms with E-state index in [1.807, 2.05) is 24.3 Å². The van der Waals surface area contributed by atoms with Crippen LogP contribution < -0.4 is 10.1 Å². The Hall–Kier alpha value is -2.51. The zero-order valence-electron chi connectivity index (χ0n) is 17.6. The van der Waals surface area contributed by atoms with Gasteiger partial charge in [-0.3, -0.25) is 0 Å². The molecule has 1 heterocycles. The number of benzene rings is 3. The van der Waals surface area contributed by atoms with Gasteiger partial charge in [-0.05, 0) is 60.2 Å². The molecule has 3 aromatic carbocycles. The third kappa shape index (κ3) is 5.27. The third-order valence-electron chi connectivity index (χ3n) is 5.15. The molecule has 0 aliphatic carbocycles. The number of hydrogen-bond donors (Lipinski definition) is 2. The van der Waals surface area contributed by atoms with Crippen LogP contribution >= 0.6 is 27.5 Å². The molecule has 5 nitrogen and oxygen atoms in total. The van der Waals surface area contributed by atoms with Crippen molar-refractivity contribution in [2.24, 2.45) is 0 Å². The van der Waals surface area contributed by atoms with Gasteiger partial charge in [0.1, 0.15) is 5.75 Å². The summed E-state index contributed by atoms with van der Waals surface area (Å²) in [7, 11) is 1.45. The van der Waals surface area contributed by atoms with E-state index in [1.54, 1.807) is 12.1 Å². The molecule has 0 bridgehead atoms. The molecule has 1 atom stereocenters. The smallest absolute Gasteiger partial charge is 0.182 e. The average Bonchev–Trinajstić information content (AvgIpc) is 3.20. The Kier molecular flexibility index (Phi) is 7.37. The number of aromatic nitrogens is 1. The van der Waals surface area contributed by atoms with Crippen molar-refractivity contribution in [1.29, 1.82) is 0 Å². The zero-order chi connectivity index (χ0) is 22.5. The number of nitrogens with one attached hydrogen (secondary N) is 1. The van der Waals surface area contributed by atoms with E-state index in [0.717, 1.165) is 39.9 Å². The molecule has 0 saturated heterocycles. The molecule has 0 fully saturated rings. The number of aliphatic hydroxyl groups is 1. The van der Waals surface area contributed by atoms with Gasteiger partial charge in [-0.2, -0.15) is 0 Å². The van der Waals surface area contributed by atoms with Gasteiger partial charge >= 0.3 is 0 Å². The number of nitrogens with zero attached hydrogens (tertiary/aromatic N) is 1. The van der Waals surface area contributed by atoms with Gasteiger partial charge in [0.15, 0.2) is 6.29 Å². The van der Waals surface area contributed by atoms with Crippen LogP contribution in [0.4, 0.5) is 11.4 Å². The van der Waals surface area contributed by atoms with Gasteiger partial charge in [0.25, 0.3) is 0 Å². The molecule has 1 aromatic heterocycles. The number of hydrogen-bond acceptors (Lipinski definition) is 4. The van der Waals surface area contributed by atoms with Crippen molar-refractivity contribution in [3.05, 3.63) is 89.1 Å². The number of rotatable bonds is 9. The second kappa shape index (κ2) is 10.4. The summed E-state index contributed by atoms with van der Waals surface area (Å²) in [5.41, 5.74) is 4.54. The van der Waals surface area contributed by atoms with Crippen molar-refractivity contribution in [2.45, 2.75) is 12.8 Å². The highest BCUT2D eigenvalue weighted by Crippen LogP contribution is 2.31. The number of ether oxygens (including phenoxy) is 2. The maximum atomic E-state index is 10.2. The van der Waals surface area contributed by atoms with E-state index in [1.165, 1.54) is 12.7 Å². The van der Waals surface area contributed by atoms with E-state index in [2.05, 4.69) is 62.3 Å². The first-order valence-corrected chi connectivity index (χ1v) is 11.7. The summed E-state index contributed by atoms with van der Waals surface area (Å²) >= 11 is 9.48. The Labute approximate surface area is 200 Å². The van der Waals surface area contributed by atoms with E-state index in [4.69, 9.17) is 21.1 Å². The fourth-order valence-electron chi connectivity index (χ4n) is 3.64. The molecule has 32 heavy (non-hydrogen) atoms. The highest BCUT2D eigenvalue weighted by Gasteiger charge is 2.13. The predicted octanol–water partition coefficient (Wildman–Crippen LogP) is 6.50. The number of alkyl halides is 1. The highest BCUT2D eigenvalue weighted by atomic mass is 79.9. The highest BCUT2D eigenvalue weighted by molar-refractivity contribution is 9.09. The predicted molar refractivity (Wildman–Crippen MR) is 133 cm³/mol. The van der Waals surface area contributed by atoms with E-state index < -0.39 is 6.29 Å². The van der Waals surface area contributed by atoms with E-state index in [-0.39, 0.29) is 0 Å². The quantitative estimate of drug-likeness (QED) is 0.197. The van der Waals surface area contributed by atoms with E-state index in [0.29, 0.717) is 17.2 Å². The SMILES string of the molecule is CO[C@H](O)c1cc(Cl)ccc1Nc1ccc2c(ccn2Cc2cccc(OCCBr)c2)c1. The fraction of sp³-hybridized carbons (Fsp3) is 0.200. The minimum absolute atomic E-state index is 0.538. The Morgan fingerprint density at radius 2 is 1.97 bits per heavy atom. The molecule has 2 N–H and O–H groups in total. The Bertz CT molecular complexity index is 1210. The molecular weight excluding hydrogens is 492 g/mol. The summed E-state index contributed by atoms with van der Waals surface area (Å²) in [6, 6.07) is 21.8. The molecule has 0 aliphatic heterocycles. The number of aliphatic hydroxyl groups excluding tert-OH is 1. The summed E-state index contributed by atoms with van der Waals surface area (Å²) < 4.78 is 13.0. The van der Waals surface area contributed by atoms with Crippen LogP contribution in [0.2, 0.25) is 5.02 Å². The molecule has 0 spiro atoms. The van der Waals surface area contributed by atoms with Gasteiger partial charge in [0, 0.05) is 58.0 Å².